The summed E-state index contributed by atoms with van der Waals surface area (Å²) in [7, 11) is 3.79. The molecule has 0 spiro atoms. The number of aromatic amines is 1. The van der Waals surface area contributed by atoms with Gasteiger partial charge in [-0.25, -0.2) is 4.98 Å². The number of piperazine rings is 1. The van der Waals surface area contributed by atoms with Crippen LogP contribution in [0, 0.1) is 6.92 Å². The average molecular weight is 380 g/mol. The molecule has 0 aliphatic carbocycles. The number of benzene rings is 1. The van der Waals surface area contributed by atoms with Crippen LogP contribution in [0.15, 0.2) is 35.3 Å². The van der Waals surface area contributed by atoms with Gasteiger partial charge >= 0.3 is 0 Å². The molecule has 4 rings (SSSR count). The Morgan fingerprint density at radius 3 is 2.71 bits per heavy atom. The molecule has 2 N–H and O–H groups in total. The van der Waals surface area contributed by atoms with Gasteiger partial charge in [0.15, 0.2) is 0 Å². The molecule has 1 saturated heterocycles. The number of nitrogens with one attached hydrogen (secondary N) is 2. The summed E-state index contributed by atoms with van der Waals surface area (Å²) in [5.74, 6) is 1.12. The molecule has 0 radical (unpaired) electrons. The second-order valence-electron chi connectivity index (χ2n) is 7.08. The first kappa shape index (κ1) is 18.2. The third-order valence-corrected chi connectivity index (χ3v) is 5.08. The zero-order valence-electron chi connectivity index (χ0n) is 16.3. The summed E-state index contributed by atoms with van der Waals surface area (Å²) in [5, 5.41) is 3.98. The summed E-state index contributed by atoms with van der Waals surface area (Å²) in [4.78, 5) is 28.1. The highest BCUT2D eigenvalue weighted by Gasteiger charge is 2.16. The number of likely N-dealkylation sites (N-methyl/N-ethyl adjacent to an activating group) is 1. The first-order valence-corrected chi connectivity index (χ1v) is 9.29. The minimum atomic E-state index is -0.147. The summed E-state index contributed by atoms with van der Waals surface area (Å²) in [6, 6.07) is 7.85. The Morgan fingerprint density at radius 2 is 1.96 bits per heavy atom. The van der Waals surface area contributed by atoms with Gasteiger partial charge in [-0.1, -0.05) is 0 Å². The number of H-pyrrole nitrogens is 1. The summed E-state index contributed by atoms with van der Waals surface area (Å²) in [5.41, 5.74) is 2.90. The Bertz CT molecular complexity index is 1060. The van der Waals surface area contributed by atoms with Crippen molar-refractivity contribution < 1.29 is 4.74 Å². The highest BCUT2D eigenvalue weighted by atomic mass is 16.5. The molecule has 2 aromatic heterocycles. The van der Waals surface area contributed by atoms with Crippen LogP contribution in [0.25, 0.3) is 11.0 Å². The number of rotatable bonds is 4. The minimum Gasteiger partial charge on any atom is -0.494 e. The number of aromatic nitrogens is 3. The number of hydrogen-bond acceptors (Lipinski definition) is 7. The number of aryl methyl sites for hydroxylation is 1. The van der Waals surface area contributed by atoms with Gasteiger partial charge in [-0.2, -0.15) is 4.98 Å². The predicted molar refractivity (Wildman–Crippen MR) is 111 cm³/mol. The standard InChI is InChI=1S/C20H24N6O2/c1-13-10-14-12-21-20(24-18(14)23-19(13)27)22-16-5-4-15(11-17(16)28-3)26-8-6-25(2)7-9-26/h4-5,10-12H,6-9H2,1-3H3,(H2,21,22,23,24,27). The van der Waals surface area contributed by atoms with E-state index in [1.807, 2.05) is 12.1 Å². The first-order chi connectivity index (χ1) is 13.5. The second kappa shape index (κ2) is 7.47. The first-order valence-electron chi connectivity index (χ1n) is 9.29. The lowest BCUT2D eigenvalue weighted by Crippen LogP contribution is -2.44. The smallest absolute Gasteiger partial charge is 0.252 e. The van der Waals surface area contributed by atoms with Crippen molar-refractivity contribution in [1.29, 1.82) is 0 Å². The molecular weight excluding hydrogens is 356 g/mol. The lowest BCUT2D eigenvalue weighted by molar-refractivity contribution is 0.312. The maximum absolute atomic E-state index is 11.8. The fraction of sp³-hybridized carbons (Fsp3) is 0.350. The number of fused-ring (bicyclic) bond motifs is 1. The number of anilines is 3. The van der Waals surface area contributed by atoms with Crippen LogP contribution in [-0.4, -0.2) is 60.2 Å². The monoisotopic (exact) mass is 380 g/mol. The molecule has 28 heavy (non-hydrogen) atoms. The maximum atomic E-state index is 11.8. The van der Waals surface area contributed by atoms with Gasteiger partial charge in [-0.05, 0) is 32.2 Å². The Balaban J connectivity index is 1.59. The average Bonchev–Trinajstić information content (AvgIpc) is 2.70. The summed E-state index contributed by atoms with van der Waals surface area (Å²) < 4.78 is 5.58. The van der Waals surface area contributed by atoms with Crippen LogP contribution in [0.4, 0.5) is 17.3 Å². The summed E-state index contributed by atoms with van der Waals surface area (Å²) in [6.45, 7) is 5.84. The number of methoxy groups -OCH3 is 1. The quantitative estimate of drug-likeness (QED) is 0.717. The zero-order chi connectivity index (χ0) is 19.7. The highest BCUT2D eigenvalue weighted by Crippen LogP contribution is 2.31. The van der Waals surface area contributed by atoms with E-state index >= 15 is 0 Å². The third kappa shape index (κ3) is 3.63. The van der Waals surface area contributed by atoms with Crippen molar-refractivity contribution in [2.75, 3.05) is 50.6 Å². The second-order valence-corrected chi connectivity index (χ2v) is 7.08. The van der Waals surface area contributed by atoms with E-state index in [-0.39, 0.29) is 5.56 Å². The number of hydrogen-bond donors (Lipinski definition) is 2. The van der Waals surface area contributed by atoms with Crippen LogP contribution in [0.2, 0.25) is 0 Å². The molecule has 1 aromatic carbocycles. The van der Waals surface area contributed by atoms with Crippen molar-refractivity contribution in [2.45, 2.75) is 6.92 Å². The number of pyridine rings is 1. The van der Waals surface area contributed by atoms with Crippen LogP contribution in [0.1, 0.15) is 5.56 Å². The third-order valence-electron chi connectivity index (χ3n) is 5.08. The lowest BCUT2D eigenvalue weighted by atomic mass is 10.2. The van der Waals surface area contributed by atoms with Gasteiger partial charge in [-0.15, -0.1) is 0 Å². The molecule has 3 aromatic rings. The fourth-order valence-electron chi connectivity index (χ4n) is 3.33. The molecule has 0 atom stereocenters. The summed E-state index contributed by atoms with van der Waals surface area (Å²) in [6.07, 6.45) is 1.69. The fourth-order valence-corrected chi connectivity index (χ4v) is 3.33. The van der Waals surface area contributed by atoms with Crippen LogP contribution >= 0.6 is 0 Å². The molecule has 8 nitrogen and oxygen atoms in total. The molecule has 0 unspecified atom stereocenters. The predicted octanol–water partition coefficient (Wildman–Crippen LogP) is 2.13. The van der Waals surface area contributed by atoms with E-state index in [1.54, 1.807) is 26.3 Å². The van der Waals surface area contributed by atoms with Gasteiger partial charge in [0.2, 0.25) is 5.95 Å². The lowest BCUT2D eigenvalue weighted by Gasteiger charge is -2.34. The molecule has 0 bridgehead atoms. The SMILES string of the molecule is COc1cc(N2CCN(C)CC2)ccc1Nc1ncc2cc(C)c(=O)[nH]c2n1. The van der Waals surface area contributed by atoms with Crippen molar-refractivity contribution in [1.82, 2.24) is 19.9 Å². The number of ether oxygens (including phenoxy) is 1. The normalized spacial score (nSPS) is 15.0. The molecule has 0 amide bonds. The molecule has 1 aliphatic rings. The Hall–Kier alpha value is -3.13. The van der Waals surface area contributed by atoms with E-state index in [1.165, 1.54) is 0 Å². The van der Waals surface area contributed by atoms with Gasteiger partial charge in [-0.3, -0.25) is 4.79 Å². The van der Waals surface area contributed by atoms with Crippen LogP contribution in [0.3, 0.4) is 0 Å². The van der Waals surface area contributed by atoms with E-state index in [9.17, 15) is 4.79 Å². The Morgan fingerprint density at radius 1 is 1.18 bits per heavy atom. The topological polar surface area (TPSA) is 86.4 Å². The summed E-state index contributed by atoms with van der Waals surface area (Å²) >= 11 is 0. The maximum Gasteiger partial charge on any atom is 0.252 e. The van der Waals surface area contributed by atoms with Gasteiger partial charge in [0.05, 0.1) is 12.8 Å². The Labute approximate surface area is 163 Å². The Kier molecular flexibility index (Phi) is 4.87. The van der Waals surface area contributed by atoms with E-state index in [4.69, 9.17) is 4.74 Å². The molecule has 8 heteroatoms. The minimum absolute atomic E-state index is 0.147. The molecule has 3 heterocycles. The number of nitrogens with zero attached hydrogens (tertiary/aromatic N) is 4. The van der Waals surface area contributed by atoms with Gasteiger partial charge in [0.25, 0.3) is 5.56 Å². The van der Waals surface area contributed by atoms with Crippen LogP contribution in [0.5, 0.6) is 5.75 Å². The molecule has 1 aliphatic heterocycles. The van der Waals surface area contributed by atoms with E-state index < -0.39 is 0 Å². The largest absolute Gasteiger partial charge is 0.494 e. The van der Waals surface area contributed by atoms with Crippen molar-refractivity contribution in [3.8, 4) is 5.75 Å². The van der Waals surface area contributed by atoms with Crippen LogP contribution < -0.4 is 20.5 Å². The van der Waals surface area contributed by atoms with Gasteiger partial charge < -0.3 is 24.8 Å². The molecule has 0 saturated carbocycles. The molecule has 146 valence electrons. The van der Waals surface area contributed by atoms with Gasteiger partial charge in [0.1, 0.15) is 11.4 Å². The van der Waals surface area contributed by atoms with Gasteiger partial charge in [0, 0.05) is 55.1 Å². The van der Waals surface area contributed by atoms with E-state index in [0.29, 0.717) is 17.2 Å². The van der Waals surface area contributed by atoms with E-state index in [0.717, 1.165) is 48.7 Å². The van der Waals surface area contributed by atoms with Crippen LogP contribution in [-0.2, 0) is 0 Å². The molecular formula is C20H24N6O2. The van der Waals surface area contributed by atoms with E-state index in [2.05, 4.69) is 43.2 Å². The zero-order valence-corrected chi connectivity index (χ0v) is 16.3. The van der Waals surface area contributed by atoms with Crippen molar-refractivity contribution in [2.24, 2.45) is 0 Å². The van der Waals surface area contributed by atoms with Crippen molar-refractivity contribution >= 4 is 28.4 Å². The van der Waals surface area contributed by atoms with Crippen molar-refractivity contribution in [3.05, 3.63) is 46.4 Å². The highest BCUT2D eigenvalue weighted by molar-refractivity contribution is 5.76. The van der Waals surface area contributed by atoms with Crippen molar-refractivity contribution in [3.63, 3.8) is 0 Å². The molecule has 1 fully saturated rings.